The van der Waals surface area contributed by atoms with Crippen LogP contribution in [0.4, 0.5) is 5.69 Å². The number of aryl methyl sites for hydroxylation is 1. The van der Waals surface area contributed by atoms with Crippen LogP contribution in [0.1, 0.15) is 25.1 Å². The smallest absolute Gasteiger partial charge is 0.228 e. The highest BCUT2D eigenvalue weighted by atomic mass is 16.2. The number of imidazole rings is 1. The zero-order valence-corrected chi connectivity index (χ0v) is 13.2. The molecule has 1 aliphatic heterocycles. The van der Waals surface area contributed by atoms with Crippen LogP contribution < -0.4 is 10.6 Å². The molecule has 1 atom stereocenters. The van der Waals surface area contributed by atoms with E-state index in [2.05, 4.69) is 20.6 Å². The fourth-order valence-corrected chi connectivity index (χ4v) is 3.70. The first-order valence-electron chi connectivity index (χ1n) is 8.17. The van der Waals surface area contributed by atoms with Crippen molar-refractivity contribution in [3.8, 4) is 5.82 Å². The standard InChI is InChI=1S/C17H21N5O/c1-12-19-9-10-22(12)15-14(3-2-6-20-15)21-16(23)13-11-17(13)4-7-18-8-5-17/h2-3,6,9-10,13,18H,4-5,7-8,11H2,1H3,(H,21,23). The number of amides is 1. The van der Waals surface area contributed by atoms with E-state index in [1.54, 1.807) is 12.4 Å². The van der Waals surface area contributed by atoms with Gasteiger partial charge < -0.3 is 10.6 Å². The number of pyridine rings is 1. The normalized spacial score (nSPS) is 22.0. The Morgan fingerprint density at radius 1 is 1.35 bits per heavy atom. The van der Waals surface area contributed by atoms with Crippen LogP contribution in [0.5, 0.6) is 0 Å². The van der Waals surface area contributed by atoms with E-state index in [0.29, 0.717) is 0 Å². The van der Waals surface area contributed by atoms with Crippen LogP contribution in [0, 0.1) is 18.3 Å². The van der Waals surface area contributed by atoms with Crippen molar-refractivity contribution in [3.05, 3.63) is 36.5 Å². The molecule has 2 aromatic heterocycles. The average molecular weight is 311 g/mol. The van der Waals surface area contributed by atoms with E-state index in [0.717, 1.165) is 49.7 Å². The Morgan fingerprint density at radius 2 is 2.17 bits per heavy atom. The van der Waals surface area contributed by atoms with E-state index < -0.39 is 0 Å². The second-order valence-corrected chi connectivity index (χ2v) is 6.58. The number of hydrogen-bond donors (Lipinski definition) is 2. The summed E-state index contributed by atoms with van der Waals surface area (Å²) in [5.41, 5.74) is 0.984. The highest BCUT2D eigenvalue weighted by Gasteiger charge is 2.57. The molecule has 0 bridgehead atoms. The van der Waals surface area contributed by atoms with Gasteiger partial charge in [-0.15, -0.1) is 0 Å². The van der Waals surface area contributed by atoms with Crippen LogP contribution in [0.2, 0.25) is 0 Å². The van der Waals surface area contributed by atoms with Gasteiger partial charge in [-0.25, -0.2) is 9.97 Å². The van der Waals surface area contributed by atoms with Crippen molar-refractivity contribution in [3.63, 3.8) is 0 Å². The topological polar surface area (TPSA) is 71.8 Å². The van der Waals surface area contributed by atoms with Gasteiger partial charge in [-0.3, -0.25) is 9.36 Å². The lowest BCUT2D eigenvalue weighted by Gasteiger charge is -2.23. The molecule has 1 saturated heterocycles. The second kappa shape index (κ2) is 5.45. The fourth-order valence-electron chi connectivity index (χ4n) is 3.70. The van der Waals surface area contributed by atoms with Crippen LogP contribution >= 0.6 is 0 Å². The van der Waals surface area contributed by atoms with E-state index >= 15 is 0 Å². The maximum atomic E-state index is 12.7. The Kier molecular flexibility index (Phi) is 3.41. The minimum absolute atomic E-state index is 0.124. The average Bonchev–Trinajstić information content (AvgIpc) is 3.08. The second-order valence-electron chi connectivity index (χ2n) is 6.58. The molecule has 1 aliphatic carbocycles. The number of piperidine rings is 1. The first kappa shape index (κ1) is 14.4. The van der Waals surface area contributed by atoms with Crippen molar-refractivity contribution in [2.45, 2.75) is 26.2 Å². The summed E-state index contributed by atoms with van der Waals surface area (Å²) in [4.78, 5) is 21.3. The SMILES string of the molecule is Cc1nccn1-c1ncccc1NC(=O)C1CC12CCNCC2. The molecule has 1 saturated carbocycles. The lowest BCUT2D eigenvalue weighted by atomic mass is 9.92. The van der Waals surface area contributed by atoms with Crippen LogP contribution in [0.25, 0.3) is 5.82 Å². The predicted molar refractivity (Wildman–Crippen MR) is 87.4 cm³/mol. The molecule has 1 spiro atoms. The molecule has 3 heterocycles. The monoisotopic (exact) mass is 311 g/mol. The van der Waals surface area contributed by atoms with Crippen LogP contribution in [0.3, 0.4) is 0 Å². The summed E-state index contributed by atoms with van der Waals surface area (Å²) >= 11 is 0. The van der Waals surface area contributed by atoms with Gasteiger partial charge in [0.15, 0.2) is 5.82 Å². The third kappa shape index (κ3) is 2.53. The molecular formula is C17H21N5O. The summed E-state index contributed by atoms with van der Waals surface area (Å²) in [5.74, 6) is 1.83. The lowest BCUT2D eigenvalue weighted by Crippen LogP contribution is -2.31. The Morgan fingerprint density at radius 3 is 2.91 bits per heavy atom. The van der Waals surface area contributed by atoms with E-state index in [1.807, 2.05) is 29.8 Å². The quantitative estimate of drug-likeness (QED) is 0.908. The molecular weight excluding hydrogens is 290 g/mol. The molecule has 2 aromatic rings. The maximum absolute atomic E-state index is 12.7. The van der Waals surface area contributed by atoms with Gasteiger partial charge in [0.1, 0.15) is 5.82 Å². The van der Waals surface area contributed by atoms with Crippen molar-refractivity contribution >= 4 is 11.6 Å². The number of carbonyl (C=O) groups excluding carboxylic acids is 1. The third-order valence-electron chi connectivity index (χ3n) is 5.20. The first-order valence-corrected chi connectivity index (χ1v) is 8.17. The molecule has 2 aliphatic rings. The Hall–Kier alpha value is -2.21. The molecule has 6 nitrogen and oxygen atoms in total. The first-order chi connectivity index (χ1) is 11.2. The minimum atomic E-state index is 0.124. The maximum Gasteiger partial charge on any atom is 0.228 e. The van der Waals surface area contributed by atoms with E-state index in [-0.39, 0.29) is 17.2 Å². The van der Waals surface area contributed by atoms with Gasteiger partial charge in [-0.05, 0) is 56.8 Å². The molecule has 23 heavy (non-hydrogen) atoms. The largest absolute Gasteiger partial charge is 0.323 e. The van der Waals surface area contributed by atoms with Crippen molar-refractivity contribution < 1.29 is 4.79 Å². The number of aromatic nitrogens is 3. The van der Waals surface area contributed by atoms with Gasteiger partial charge in [-0.1, -0.05) is 0 Å². The molecule has 1 amide bonds. The molecule has 2 fully saturated rings. The van der Waals surface area contributed by atoms with Gasteiger partial charge in [-0.2, -0.15) is 0 Å². The van der Waals surface area contributed by atoms with Crippen LogP contribution in [0.15, 0.2) is 30.7 Å². The highest BCUT2D eigenvalue weighted by molar-refractivity contribution is 5.96. The van der Waals surface area contributed by atoms with Crippen molar-refractivity contribution in [1.29, 1.82) is 0 Å². The minimum Gasteiger partial charge on any atom is -0.323 e. The zero-order valence-electron chi connectivity index (χ0n) is 13.2. The Balaban J connectivity index is 1.54. The molecule has 0 aromatic carbocycles. The number of nitrogens with one attached hydrogen (secondary N) is 2. The van der Waals surface area contributed by atoms with Gasteiger partial charge in [0.2, 0.25) is 5.91 Å². The summed E-state index contributed by atoms with van der Waals surface area (Å²) in [7, 11) is 0. The third-order valence-corrected chi connectivity index (χ3v) is 5.20. The number of anilines is 1. The van der Waals surface area contributed by atoms with Gasteiger partial charge in [0, 0.05) is 24.5 Å². The van der Waals surface area contributed by atoms with Gasteiger partial charge >= 0.3 is 0 Å². The highest BCUT2D eigenvalue weighted by Crippen LogP contribution is 2.58. The summed E-state index contributed by atoms with van der Waals surface area (Å²) in [5, 5.41) is 6.46. The lowest BCUT2D eigenvalue weighted by molar-refractivity contribution is -0.118. The van der Waals surface area contributed by atoms with Crippen molar-refractivity contribution in [1.82, 2.24) is 19.9 Å². The Bertz CT molecular complexity index is 732. The molecule has 2 N–H and O–H groups in total. The number of carbonyl (C=O) groups is 1. The summed E-state index contributed by atoms with van der Waals surface area (Å²) in [6.07, 6.45) is 8.55. The molecule has 1 unspecified atom stereocenters. The van der Waals surface area contributed by atoms with Crippen LogP contribution in [-0.2, 0) is 4.79 Å². The summed E-state index contributed by atoms with van der Waals surface area (Å²) in [6.45, 7) is 3.97. The predicted octanol–water partition coefficient (Wildman–Crippen LogP) is 1.90. The van der Waals surface area contributed by atoms with E-state index in [4.69, 9.17) is 0 Å². The summed E-state index contributed by atoms with van der Waals surface area (Å²) in [6, 6.07) is 3.75. The van der Waals surface area contributed by atoms with Crippen LogP contribution in [-0.4, -0.2) is 33.5 Å². The van der Waals surface area contributed by atoms with E-state index in [1.165, 1.54) is 0 Å². The van der Waals surface area contributed by atoms with Crippen molar-refractivity contribution in [2.24, 2.45) is 11.3 Å². The molecule has 120 valence electrons. The molecule has 6 heteroatoms. The van der Waals surface area contributed by atoms with Gasteiger partial charge in [0.05, 0.1) is 5.69 Å². The molecule has 4 rings (SSSR count). The van der Waals surface area contributed by atoms with E-state index in [9.17, 15) is 4.79 Å². The number of rotatable bonds is 3. The van der Waals surface area contributed by atoms with Gasteiger partial charge in [0.25, 0.3) is 0 Å². The fraction of sp³-hybridized carbons (Fsp3) is 0.471. The summed E-state index contributed by atoms with van der Waals surface area (Å²) < 4.78 is 1.89. The zero-order chi connectivity index (χ0) is 15.9. The Labute approximate surface area is 135 Å². The number of nitrogens with zero attached hydrogens (tertiary/aromatic N) is 3. The molecule has 0 radical (unpaired) electrons. The number of hydrogen-bond acceptors (Lipinski definition) is 4. The van der Waals surface area contributed by atoms with Crippen molar-refractivity contribution in [2.75, 3.05) is 18.4 Å².